The Morgan fingerprint density at radius 2 is 2.08 bits per heavy atom. The zero-order valence-electron chi connectivity index (χ0n) is 7.04. The lowest BCUT2D eigenvalue weighted by molar-refractivity contribution is -0.140. The standard InChI is InChI=1S/C8H13NO3/c1-5(2)6(8(11)12)3-4-7(9)10/h6H,1,3-4H2,2H3,(H2,9,10)(H,11,12). The molecule has 0 radical (unpaired) electrons. The minimum Gasteiger partial charge on any atom is -0.481 e. The van der Waals surface area contributed by atoms with E-state index < -0.39 is 17.8 Å². The predicted molar refractivity (Wildman–Crippen MR) is 44.4 cm³/mol. The van der Waals surface area contributed by atoms with Crippen molar-refractivity contribution in [3.05, 3.63) is 12.2 Å². The Morgan fingerprint density at radius 3 is 2.33 bits per heavy atom. The van der Waals surface area contributed by atoms with E-state index in [9.17, 15) is 9.59 Å². The average molecular weight is 171 g/mol. The van der Waals surface area contributed by atoms with Gasteiger partial charge < -0.3 is 10.8 Å². The van der Waals surface area contributed by atoms with Crippen molar-refractivity contribution in [2.75, 3.05) is 0 Å². The Labute approximate surface area is 71.1 Å². The molecule has 4 heteroatoms. The van der Waals surface area contributed by atoms with Gasteiger partial charge in [-0.1, -0.05) is 12.2 Å². The molecule has 68 valence electrons. The lowest BCUT2D eigenvalue weighted by Gasteiger charge is -2.09. The second kappa shape index (κ2) is 4.54. The highest BCUT2D eigenvalue weighted by molar-refractivity contribution is 5.77. The van der Waals surface area contributed by atoms with E-state index in [4.69, 9.17) is 10.8 Å². The van der Waals surface area contributed by atoms with Crippen LogP contribution in [0.4, 0.5) is 0 Å². The molecule has 0 aliphatic carbocycles. The maximum Gasteiger partial charge on any atom is 0.310 e. The summed E-state index contributed by atoms with van der Waals surface area (Å²) < 4.78 is 0. The average Bonchev–Trinajstić information content (AvgIpc) is 1.84. The third-order valence-electron chi connectivity index (χ3n) is 1.57. The van der Waals surface area contributed by atoms with Crippen LogP contribution in [0.3, 0.4) is 0 Å². The van der Waals surface area contributed by atoms with E-state index in [1.807, 2.05) is 0 Å². The minimum absolute atomic E-state index is 0.0871. The largest absolute Gasteiger partial charge is 0.481 e. The van der Waals surface area contributed by atoms with Crippen molar-refractivity contribution in [1.82, 2.24) is 0 Å². The maximum atomic E-state index is 10.5. The van der Waals surface area contributed by atoms with Crippen LogP contribution in [0.25, 0.3) is 0 Å². The van der Waals surface area contributed by atoms with Gasteiger partial charge in [0.15, 0.2) is 0 Å². The molecule has 0 aromatic rings. The Morgan fingerprint density at radius 1 is 1.58 bits per heavy atom. The van der Waals surface area contributed by atoms with Gasteiger partial charge in [-0.2, -0.15) is 0 Å². The number of primary amides is 1. The molecule has 0 aliphatic rings. The summed E-state index contributed by atoms with van der Waals surface area (Å²) in [4.78, 5) is 20.9. The van der Waals surface area contributed by atoms with Crippen molar-refractivity contribution < 1.29 is 14.7 Å². The van der Waals surface area contributed by atoms with Gasteiger partial charge in [0.1, 0.15) is 0 Å². The van der Waals surface area contributed by atoms with Crippen LogP contribution in [0, 0.1) is 5.92 Å². The van der Waals surface area contributed by atoms with Crippen LogP contribution in [-0.4, -0.2) is 17.0 Å². The topological polar surface area (TPSA) is 80.4 Å². The van der Waals surface area contributed by atoms with Crippen LogP contribution in [-0.2, 0) is 9.59 Å². The summed E-state index contributed by atoms with van der Waals surface area (Å²) in [6.45, 7) is 5.15. The van der Waals surface area contributed by atoms with Crippen molar-refractivity contribution >= 4 is 11.9 Å². The molecule has 1 atom stereocenters. The molecule has 0 aromatic carbocycles. The Hall–Kier alpha value is -1.32. The molecule has 0 saturated heterocycles. The molecule has 1 unspecified atom stereocenters. The van der Waals surface area contributed by atoms with E-state index in [-0.39, 0.29) is 12.8 Å². The van der Waals surface area contributed by atoms with Crippen LogP contribution in [0.5, 0.6) is 0 Å². The van der Waals surface area contributed by atoms with E-state index in [1.165, 1.54) is 0 Å². The fraction of sp³-hybridized carbons (Fsp3) is 0.500. The summed E-state index contributed by atoms with van der Waals surface area (Å²) >= 11 is 0. The van der Waals surface area contributed by atoms with Gasteiger partial charge in [-0.3, -0.25) is 9.59 Å². The van der Waals surface area contributed by atoms with Crippen LogP contribution < -0.4 is 5.73 Å². The van der Waals surface area contributed by atoms with Crippen LogP contribution in [0.15, 0.2) is 12.2 Å². The predicted octanol–water partition coefficient (Wildman–Crippen LogP) is 0.529. The highest BCUT2D eigenvalue weighted by Gasteiger charge is 2.18. The maximum absolute atomic E-state index is 10.5. The molecule has 0 aromatic heterocycles. The third kappa shape index (κ3) is 3.75. The van der Waals surface area contributed by atoms with Crippen molar-refractivity contribution in [3.63, 3.8) is 0 Å². The number of hydrogen-bond donors (Lipinski definition) is 2. The van der Waals surface area contributed by atoms with Crippen molar-refractivity contribution in [1.29, 1.82) is 0 Å². The summed E-state index contributed by atoms with van der Waals surface area (Å²) in [7, 11) is 0. The fourth-order valence-corrected chi connectivity index (χ4v) is 0.867. The van der Waals surface area contributed by atoms with Gasteiger partial charge in [-0.15, -0.1) is 0 Å². The van der Waals surface area contributed by atoms with Gasteiger partial charge in [0.05, 0.1) is 5.92 Å². The smallest absolute Gasteiger partial charge is 0.310 e. The molecule has 0 heterocycles. The number of nitrogens with two attached hydrogens (primary N) is 1. The van der Waals surface area contributed by atoms with E-state index in [0.29, 0.717) is 5.57 Å². The number of hydrogen-bond acceptors (Lipinski definition) is 2. The summed E-state index contributed by atoms with van der Waals surface area (Å²) in [6, 6.07) is 0. The molecular weight excluding hydrogens is 158 g/mol. The monoisotopic (exact) mass is 171 g/mol. The quantitative estimate of drug-likeness (QED) is 0.592. The number of amides is 1. The van der Waals surface area contributed by atoms with E-state index in [0.717, 1.165) is 0 Å². The molecule has 0 bridgehead atoms. The normalized spacial score (nSPS) is 12.1. The summed E-state index contributed by atoms with van der Waals surface area (Å²) in [5.41, 5.74) is 5.42. The van der Waals surface area contributed by atoms with Crippen molar-refractivity contribution in [2.24, 2.45) is 11.7 Å². The Kier molecular flexibility index (Phi) is 4.04. The molecule has 0 spiro atoms. The molecular formula is C8H13NO3. The Balaban J connectivity index is 4.06. The number of aliphatic carboxylic acids is 1. The second-order valence-electron chi connectivity index (χ2n) is 2.74. The van der Waals surface area contributed by atoms with Crippen molar-refractivity contribution in [3.8, 4) is 0 Å². The number of carboxylic acids is 1. The van der Waals surface area contributed by atoms with Gasteiger partial charge in [-0.25, -0.2) is 0 Å². The molecule has 0 fully saturated rings. The molecule has 0 aliphatic heterocycles. The second-order valence-corrected chi connectivity index (χ2v) is 2.74. The number of carbonyl (C=O) groups is 2. The summed E-state index contributed by atoms with van der Waals surface area (Å²) in [5, 5.41) is 8.64. The van der Waals surface area contributed by atoms with Crippen LogP contribution >= 0.6 is 0 Å². The molecule has 3 N–H and O–H groups in total. The van der Waals surface area contributed by atoms with E-state index >= 15 is 0 Å². The molecule has 4 nitrogen and oxygen atoms in total. The van der Waals surface area contributed by atoms with Gasteiger partial charge in [-0.05, 0) is 13.3 Å². The SMILES string of the molecule is C=C(C)C(CCC(N)=O)C(=O)O. The fourth-order valence-electron chi connectivity index (χ4n) is 0.867. The number of carbonyl (C=O) groups excluding carboxylic acids is 1. The van der Waals surface area contributed by atoms with Crippen LogP contribution in [0.2, 0.25) is 0 Å². The van der Waals surface area contributed by atoms with Gasteiger partial charge in [0.2, 0.25) is 5.91 Å². The first-order valence-corrected chi connectivity index (χ1v) is 3.61. The first kappa shape index (κ1) is 10.7. The Bertz CT molecular complexity index is 196. The summed E-state index contributed by atoms with van der Waals surface area (Å²) in [6.07, 6.45) is 0.323. The first-order valence-electron chi connectivity index (χ1n) is 3.61. The van der Waals surface area contributed by atoms with Gasteiger partial charge in [0, 0.05) is 6.42 Å². The van der Waals surface area contributed by atoms with Crippen LogP contribution in [0.1, 0.15) is 19.8 Å². The van der Waals surface area contributed by atoms with Crippen molar-refractivity contribution in [2.45, 2.75) is 19.8 Å². The van der Waals surface area contributed by atoms with Gasteiger partial charge in [0.25, 0.3) is 0 Å². The van der Waals surface area contributed by atoms with E-state index in [2.05, 4.69) is 6.58 Å². The molecule has 12 heavy (non-hydrogen) atoms. The lowest BCUT2D eigenvalue weighted by atomic mass is 9.96. The highest BCUT2D eigenvalue weighted by Crippen LogP contribution is 2.14. The number of carboxylic acid groups (broad SMARTS) is 1. The van der Waals surface area contributed by atoms with E-state index in [1.54, 1.807) is 6.92 Å². The lowest BCUT2D eigenvalue weighted by Crippen LogP contribution is -2.18. The third-order valence-corrected chi connectivity index (χ3v) is 1.57. The zero-order chi connectivity index (χ0) is 9.72. The molecule has 1 amide bonds. The minimum atomic E-state index is -0.955. The highest BCUT2D eigenvalue weighted by atomic mass is 16.4. The first-order chi connectivity index (χ1) is 5.45. The zero-order valence-corrected chi connectivity index (χ0v) is 7.04. The molecule has 0 saturated carbocycles. The number of rotatable bonds is 5. The van der Waals surface area contributed by atoms with Gasteiger partial charge >= 0.3 is 5.97 Å². The molecule has 0 rings (SSSR count). The summed E-state index contributed by atoms with van der Waals surface area (Å²) in [5.74, 6) is -2.09.